The summed E-state index contributed by atoms with van der Waals surface area (Å²) >= 11 is 0. The van der Waals surface area contributed by atoms with Gasteiger partial charge >= 0.3 is 31.2 Å². The van der Waals surface area contributed by atoms with Crippen LogP contribution in [0.5, 0.6) is 5.75 Å². The first kappa shape index (κ1) is 15.2. The second-order valence-corrected chi connectivity index (χ2v) is 2.70. The van der Waals surface area contributed by atoms with Gasteiger partial charge in [-0.1, -0.05) is 6.07 Å². The van der Waals surface area contributed by atoms with Crippen molar-refractivity contribution in [2.24, 2.45) is 0 Å². The standard InChI is InChI=1S/C8H4F6O.Li.H/c9-7(10,11)4-2-1-3-5(15)6(4)8(12,13)14;;/h1-3,15H;;. The summed E-state index contributed by atoms with van der Waals surface area (Å²) in [6, 6.07) is 1.52. The average Bonchev–Trinajstić information content (AvgIpc) is 1.99. The van der Waals surface area contributed by atoms with E-state index in [1.54, 1.807) is 0 Å². The van der Waals surface area contributed by atoms with Gasteiger partial charge in [-0.05, 0) is 12.1 Å². The van der Waals surface area contributed by atoms with Gasteiger partial charge in [0.25, 0.3) is 0 Å². The number of benzene rings is 1. The Labute approximate surface area is 98.2 Å². The monoisotopic (exact) mass is 238 g/mol. The van der Waals surface area contributed by atoms with Gasteiger partial charge in [-0.25, -0.2) is 0 Å². The van der Waals surface area contributed by atoms with Gasteiger partial charge in [-0.2, -0.15) is 26.3 Å². The van der Waals surface area contributed by atoms with E-state index >= 15 is 0 Å². The molecule has 0 radical (unpaired) electrons. The zero-order valence-corrected chi connectivity index (χ0v) is 6.95. The summed E-state index contributed by atoms with van der Waals surface area (Å²) in [5.74, 6) is -1.43. The van der Waals surface area contributed by atoms with Crippen LogP contribution in [-0.4, -0.2) is 24.0 Å². The van der Waals surface area contributed by atoms with Gasteiger partial charge < -0.3 is 5.11 Å². The van der Waals surface area contributed by atoms with Crippen LogP contribution in [0, 0.1) is 0 Å². The normalized spacial score (nSPS) is 12.1. The van der Waals surface area contributed by atoms with Crippen molar-refractivity contribution >= 4 is 18.9 Å². The number of alkyl halides is 6. The summed E-state index contributed by atoms with van der Waals surface area (Å²) in [7, 11) is 0. The maximum absolute atomic E-state index is 12.2. The molecule has 0 spiro atoms. The predicted molar refractivity (Wildman–Crippen MR) is 45.3 cm³/mol. The summed E-state index contributed by atoms with van der Waals surface area (Å²) in [6.07, 6.45) is -10.4. The molecule has 1 nitrogen and oxygen atoms in total. The van der Waals surface area contributed by atoms with E-state index in [9.17, 15) is 26.3 Å². The Morgan fingerprint density at radius 1 is 0.875 bits per heavy atom. The van der Waals surface area contributed by atoms with Crippen molar-refractivity contribution in [3.8, 4) is 5.75 Å². The van der Waals surface area contributed by atoms with Crippen molar-refractivity contribution in [1.29, 1.82) is 0 Å². The fourth-order valence-electron chi connectivity index (χ4n) is 1.07. The third kappa shape index (κ3) is 3.09. The molecule has 0 aliphatic rings. The number of rotatable bonds is 0. The van der Waals surface area contributed by atoms with Crippen molar-refractivity contribution in [3.05, 3.63) is 29.3 Å². The molecule has 0 amide bonds. The molecule has 0 aromatic heterocycles. The third-order valence-corrected chi connectivity index (χ3v) is 1.63. The van der Waals surface area contributed by atoms with Gasteiger partial charge in [0.05, 0.1) is 5.56 Å². The number of halogens is 6. The van der Waals surface area contributed by atoms with Gasteiger partial charge in [0.15, 0.2) is 0 Å². The van der Waals surface area contributed by atoms with Crippen LogP contribution in [0.2, 0.25) is 0 Å². The Kier molecular flexibility index (Phi) is 4.36. The van der Waals surface area contributed by atoms with Crippen LogP contribution < -0.4 is 0 Å². The summed E-state index contributed by atoms with van der Waals surface area (Å²) in [4.78, 5) is 0. The molecule has 0 aliphatic carbocycles. The van der Waals surface area contributed by atoms with E-state index < -0.39 is 29.2 Å². The van der Waals surface area contributed by atoms with Crippen LogP contribution in [0.3, 0.4) is 0 Å². The third-order valence-electron chi connectivity index (χ3n) is 1.63. The second-order valence-electron chi connectivity index (χ2n) is 2.70. The molecule has 16 heavy (non-hydrogen) atoms. The first-order valence-electron chi connectivity index (χ1n) is 3.60. The van der Waals surface area contributed by atoms with Gasteiger partial charge in [-0.15, -0.1) is 0 Å². The topological polar surface area (TPSA) is 20.2 Å². The molecule has 0 saturated carbocycles. The van der Waals surface area contributed by atoms with E-state index in [-0.39, 0.29) is 24.9 Å². The average molecular weight is 238 g/mol. The molecule has 1 rings (SSSR count). The summed E-state index contributed by atoms with van der Waals surface area (Å²) in [5, 5.41) is 8.77. The second kappa shape index (κ2) is 4.60. The van der Waals surface area contributed by atoms with Crippen LogP contribution in [0.4, 0.5) is 26.3 Å². The molecule has 0 bridgehead atoms. The summed E-state index contributed by atoms with van der Waals surface area (Å²) < 4.78 is 73.0. The minimum absolute atomic E-state index is 0. The Morgan fingerprint density at radius 3 is 1.69 bits per heavy atom. The Balaban J connectivity index is 0.00000225. The maximum atomic E-state index is 12.2. The molecule has 0 atom stereocenters. The van der Waals surface area contributed by atoms with Crippen LogP contribution in [0.1, 0.15) is 11.1 Å². The molecule has 0 aliphatic heterocycles. The Hall–Kier alpha value is -0.803. The fourth-order valence-corrected chi connectivity index (χ4v) is 1.07. The molecular formula is C8H5F6LiO. The van der Waals surface area contributed by atoms with E-state index in [0.717, 1.165) is 0 Å². The van der Waals surface area contributed by atoms with Crippen LogP contribution >= 0.6 is 0 Å². The fraction of sp³-hybridized carbons (Fsp3) is 0.250. The zero-order chi connectivity index (χ0) is 11.9. The van der Waals surface area contributed by atoms with Crippen LogP contribution in [0.15, 0.2) is 18.2 Å². The zero-order valence-electron chi connectivity index (χ0n) is 6.95. The number of hydrogen-bond acceptors (Lipinski definition) is 1. The van der Waals surface area contributed by atoms with E-state index in [1.165, 1.54) is 0 Å². The number of phenols is 1. The molecule has 0 fully saturated rings. The molecule has 1 aromatic carbocycles. The molecule has 86 valence electrons. The van der Waals surface area contributed by atoms with Crippen LogP contribution in [0.25, 0.3) is 0 Å². The quantitative estimate of drug-likeness (QED) is 0.544. The van der Waals surface area contributed by atoms with Gasteiger partial charge in [-0.3, -0.25) is 0 Å². The van der Waals surface area contributed by atoms with Crippen molar-refractivity contribution < 1.29 is 31.4 Å². The van der Waals surface area contributed by atoms with Crippen molar-refractivity contribution in [1.82, 2.24) is 0 Å². The number of hydrogen-bond donors (Lipinski definition) is 1. The molecule has 0 saturated heterocycles. The van der Waals surface area contributed by atoms with Gasteiger partial charge in [0.2, 0.25) is 0 Å². The van der Waals surface area contributed by atoms with Crippen molar-refractivity contribution in [3.63, 3.8) is 0 Å². The van der Waals surface area contributed by atoms with E-state index in [1.807, 2.05) is 0 Å². The number of phenolic OH excluding ortho intramolecular Hbond substituents is 1. The first-order valence-corrected chi connectivity index (χ1v) is 3.60. The SMILES string of the molecule is Oc1cccc(C(F)(F)F)c1C(F)(F)F.[LiH]. The number of aromatic hydroxyl groups is 1. The summed E-state index contributed by atoms with van der Waals surface area (Å²) in [6.45, 7) is 0. The van der Waals surface area contributed by atoms with Crippen molar-refractivity contribution in [2.75, 3.05) is 0 Å². The minimum atomic E-state index is -5.24. The van der Waals surface area contributed by atoms with Crippen LogP contribution in [-0.2, 0) is 12.4 Å². The van der Waals surface area contributed by atoms with E-state index in [4.69, 9.17) is 5.11 Å². The van der Waals surface area contributed by atoms with E-state index in [0.29, 0.717) is 12.1 Å². The predicted octanol–water partition coefficient (Wildman–Crippen LogP) is 2.78. The van der Waals surface area contributed by atoms with Gasteiger partial charge in [0, 0.05) is 0 Å². The Bertz CT molecular complexity index is 370. The Morgan fingerprint density at radius 2 is 1.38 bits per heavy atom. The van der Waals surface area contributed by atoms with Crippen molar-refractivity contribution in [2.45, 2.75) is 12.4 Å². The first-order chi connectivity index (χ1) is 6.64. The molecule has 1 aromatic rings. The molecule has 0 unspecified atom stereocenters. The molecular weight excluding hydrogens is 233 g/mol. The molecule has 0 heterocycles. The molecule has 1 N–H and O–H groups in total. The molecule has 8 heteroatoms. The van der Waals surface area contributed by atoms with Gasteiger partial charge in [0.1, 0.15) is 11.3 Å². The summed E-state index contributed by atoms with van der Waals surface area (Å²) in [5.41, 5.74) is -3.95. The van der Waals surface area contributed by atoms with E-state index in [2.05, 4.69) is 0 Å².